The van der Waals surface area contributed by atoms with Gasteiger partial charge in [0.05, 0.1) is 12.1 Å². The lowest BCUT2D eigenvalue weighted by Crippen LogP contribution is -2.57. The van der Waals surface area contributed by atoms with Gasteiger partial charge in [0.25, 0.3) is 0 Å². The number of hydrogen-bond donors (Lipinski definition) is 7. The molecule has 0 fully saturated rings. The van der Waals surface area contributed by atoms with Crippen LogP contribution in [0.5, 0.6) is 0 Å². The van der Waals surface area contributed by atoms with Crippen molar-refractivity contribution in [3.63, 3.8) is 0 Å². The maximum absolute atomic E-state index is 12.0. The van der Waals surface area contributed by atoms with Crippen LogP contribution in [0.2, 0.25) is 0 Å². The molecule has 0 aromatic rings. The van der Waals surface area contributed by atoms with E-state index in [0.29, 0.717) is 13.0 Å². The highest BCUT2D eigenvalue weighted by Crippen LogP contribution is 2.00. The van der Waals surface area contributed by atoms with Gasteiger partial charge in [-0.15, -0.1) is 0 Å². The van der Waals surface area contributed by atoms with Crippen LogP contribution in [0.15, 0.2) is 4.99 Å². The average molecular weight is 346 g/mol. The number of aliphatic hydroxyl groups is 1. The summed E-state index contributed by atoms with van der Waals surface area (Å²) in [5, 5.41) is 22.9. The van der Waals surface area contributed by atoms with Crippen molar-refractivity contribution in [2.45, 2.75) is 50.9 Å². The van der Waals surface area contributed by atoms with Crippen molar-refractivity contribution in [2.24, 2.45) is 22.2 Å². The molecule has 0 spiro atoms. The number of aliphatic carboxylic acids is 1. The van der Waals surface area contributed by atoms with Crippen LogP contribution in [0, 0.1) is 0 Å². The fraction of sp³-hybridized carbons (Fsp3) is 0.692. The normalized spacial score (nSPS) is 15.5. The van der Waals surface area contributed by atoms with Crippen LogP contribution in [-0.4, -0.2) is 64.7 Å². The van der Waals surface area contributed by atoms with Crippen molar-refractivity contribution in [3.8, 4) is 0 Å². The molecule has 0 aliphatic heterocycles. The lowest BCUT2D eigenvalue weighted by molar-refractivity contribution is -0.142. The largest absolute Gasteiger partial charge is 0.480 e. The summed E-state index contributed by atoms with van der Waals surface area (Å²) in [6, 6.07) is -3.41. The fourth-order valence-corrected chi connectivity index (χ4v) is 1.68. The van der Waals surface area contributed by atoms with Crippen LogP contribution < -0.4 is 27.8 Å². The Bertz CT molecular complexity index is 477. The van der Waals surface area contributed by atoms with Crippen molar-refractivity contribution < 1.29 is 24.6 Å². The van der Waals surface area contributed by atoms with Crippen molar-refractivity contribution >= 4 is 23.7 Å². The highest BCUT2D eigenvalue weighted by molar-refractivity contribution is 5.92. The predicted molar refractivity (Wildman–Crippen MR) is 86.7 cm³/mol. The maximum atomic E-state index is 12.0. The highest BCUT2D eigenvalue weighted by atomic mass is 16.4. The second-order valence-electron chi connectivity index (χ2n) is 5.35. The van der Waals surface area contributed by atoms with Crippen LogP contribution in [-0.2, 0) is 14.4 Å². The SMILES string of the molecule is C[C@H](NC(=O)[C@@H](NC(=O)[C@@H](N)CCCN=C(N)N)[C@@H](C)O)C(=O)O. The quantitative estimate of drug-likeness (QED) is 0.122. The first-order valence-corrected chi connectivity index (χ1v) is 7.38. The summed E-state index contributed by atoms with van der Waals surface area (Å²) in [6.45, 7) is 2.86. The van der Waals surface area contributed by atoms with E-state index in [0.717, 1.165) is 0 Å². The first kappa shape index (κ1) is 21.6. The molecule has 11 nitrogen and oxygen atoms in total. The van der Waals surface area contributed by atoms with Gasteiger partial charge in [-0.25, -0.2) is 0 Å². The Morgan fingerprint density at radius 1 is 1.12 bits per heavy atom. The van der Waals surface area contributed by atoms with Crippen LogP contribution in [0.4, 0.5) is 0 Å². The highest BCUT2D eigenvalue weighted by Gasteiger charge is 2.29. The molecule has 0 bridgehead atoms. The smallest absolute Gasteiger partial charge is 0.325 e. The van der Waals surface area contributed by atoms with Gasteiger partial charge in [0.15, 0.2) is 5.96 Å². The summed E-state index contributed by atoms with van der Waals surface area (Å²) in [5.41, 5.74) is 16.0. The maximum Gasteiger partial charge on any atom is 0.325 e. The van der Waals surface area contributed by atoms with Crippen LogP contribution in [0.1, 0.15) is 26.7 Å². The van der Waals surface area contributed by atoms with Gasteiger partial charge in [-0.1, -0.05) is 0 Å². The summed E-state index contributed by atoms with van der Waals surface area (Å²) in [5.74, 6) is -2.77. The minimum absolute atomic E-state index is 0.0635. The molecule has 138 valence electrons. The van der Waals surface area contributed by atoms with Gasteiger partial charge < -0.3 is 38.0 Å². The van der Waals surface area contributed by atoms with Gasteiger partial charge in [-0.05, 0) is 26.7 Å². The van der Waals surface area contributed by atoms with E-state index in [4.69, 9.17) is 22.3 Å². The number of carboxylic acids is 1. The van der Waals surface area contributed by atoms with Crippen LogP contribution in [0.25, 0.3) is 0 Å². The number of aliphatic imine (C=N–C) groups is 1. The number of guanidine groups is 1. The zero-order valence-corrected chi connectivity index (χ0v) is 13.7. The van der Waals surface area contributed by atoms with E-state index in [1.807, 2.05) is 0 Å². The number of rotatable bonds is 10. The first-order chi connectivity index (χ1) is 11.1. The molecule has 0 aliphatic rings. The van der Waals surface area contributed by atoms with Crippen molar-refractivity contribution in [1.82, 2.24) is 10.6 Å². The van der Waals surface area contributed by atoms with Gasteiger partial charge >= 0.3 is 5.97 Å². The van der Waals surface area contributed by atoms with Crippen molar-refractivity contribution in [1.29, 1.82) is 0 Å². The Morgan fingerprint density at radius 2 is 1.71 bits per heavy atom. The van der Waals surface area contributed by atoms with Gasteiger partial charge in [0.2, 0.25) is 11.8 Å². The van der Waals surface area contributed by atoms with Crippen LogP contribution in [0.3, 0.4) is 0 Å². The monoisotopic (exact) mass is 346 g/mol. The molecule has 4 atom stereocenters. The second kappa shape index (κ2) is 10.4. The number of carbonyl (C=O) groups is 3. The number of amides is 2. The number of aliphatic hydroxyl groups excluding tert-OH is 1. The summed E-state index contributed by atoms with van der Waals surface area (Å²) < 4.78 is 0. The number of nitrogens with one attached hydrogen (secondary N) is 2. The number of carbonyl (C=O) groups excluding carboxylic acids is 2. The Balaban J connectivity index is 4.59. The molecular formula is C13H26N6O5. The molecule has 0 heterocycles. The summed E-state index contributed by atoms with van der Waals surface area (Å²) in [7, 11) is 0. The topological polar surface area (TPSA) is 206 Å². The minimum atomic E-state index is -1.32. The Hall–Kier alpha value is -2.40. The van der Waals surface area contributed by atoms with Crippen molar-refractivity contribution in [3.05, 3.63) is 0 Å². The van der Waals surface area contributed by atoms with Gasteiger partial charge in [0, 0.05) is 6.54 Å². The Kier molecular flexibility index (Phi) is 9.35. The molecule has 0 saturated carbocycles. The van der Waals surface area contributed by atoms with E-state index in [1.54, 1.807) is 0 Å². The molecule has 0 unspecified atom stereocenters. The van der Waals surface area contributed by atoms with Gasteiger partial charge in [-0.2, -0.15) is 0 Å². The number of nitrogens with zero attached hydrogens (tertiary/aromatic N) is 1. The molecule has 0 saturated heterocycles. The van der Waals surface area contributed by atoms with Gasteiger partial charge in [0.1, 0.15) is 12.1 Å². The number of hydrogen-bond acceptors (Lipinski definition) is 6. The summed E-state index contributed by atoms with van der Waals surface area (Å²) in [6.07, 6.45) is -0.514. The van der Waals surface area contributed by atoms with E-state index in [9.17, 15) is 19.5 Å². The van der Waals surface area contributed by atoms with Gasteiger partial charge in [-0.3, -0.25) is 19.4 Å². The predicted octanol–water partition coefficient (Wildman–Crippen LogP) is -3.18. The van der Waals surface area contributed by atoms with Crippen molar-refractivity contribution in [2.75, 3.05) is 6.54 Å². The molecule has 0 radical (unpaired) electrons. The summed E-state index contributed by atoms with van der Waals surface area (Å²) in [4.78, 5) is 38.4. The molecule has 11 heteroatoms. The number of carboxylic acid groups (broad SMARTS) is 1. The first-order valence-electron chi connectivity index (χ1n) is 7.38. The molecule has 0 aromatic carbocycles. The lowest BCUT2D eigenvalue weighted by Gasteiger charge is -2.23. The zero-order valence-electron chi connectivity index (χ0n) is 13.7. The molecule has 2 amide bonds. The molecule has 0 aliphatic carbocycles. The molecule has 24 heavy (non-hydrogen) atoms. The summed E-state index contributed by atoms with van der Waals surface area (Å²) >= 11 is 0. The number of nitrogens with two attached hydrogens (primary N) is 3. The second-order valence-corrected chi connectivity index (χ2v) is 5.35. The van der Waals surface area contributed by atoms with E-state index in [-0.39, 0.29) is 12.4 Å². The fourth-order valence-electron chi connectivity index (χ4n) is 1.68. The van der Waals surface area contributed by atoms with E-state index in [2.05, 4.69) is 15.6 Å². The average Bonchev–Trinajstić information content (AvgIpc) is 2.47. The van der Waals surface area contributed by atoms with E-state index >= 15 is 0 Å². The third kappa shape index (κ3) is 8.29. The standard InChI is InChI=1S/C13H26N6O5/c1-6(12(23)24)18-11(22)9(7(2)20)19-10(21)8(14)4-3-5-17-13(15)16/h6-9,20H,3-5,14H2,1-2H3,(H,18,22)(H,19,21)(H,23,24)(H4,15,16,17)/t6-,7+,8-,9-/m0/s1. The zero-order chi connectivity index (χ0) is 18.9. The third-order valence-electron chi connectivity index (χ3n) is 3.10. The molecule has 10 N–H and O–H groups in total. The minimum Gasteiger partial charge on any atom is -0.480 e. The van der Waals surface area contributed by atoms with Crippen LogP contribution >= 0.6 is 0 Å². The van der Waals surface area contributed by atoms with E-state index in [1.165, 1.54) is 13.8 Å². The molecular weight excluding hydrogens is 320 g/mol. The third-order valence-corrected chi connectivity index (χ3v) is 3.10. The Labute approximate surface area is 139 Å². The van der Waals surface area contributed by atoms with E-state index < -0.39 is 42.0 Å². The molecule has 0 rings (SSSR count). The molecule has 0 aromatic heterocycles. The Morgan fingerprint density at radius 3 is 2.17 bits per heavy atom. The lowest BCUT2D eigenvalue weighted by atomic mass is 10.1.